The number of carbonyl (C=O) groups excluding carboxylic acids is 1. The quantitative estimate of drug-likeness (QED) is 0.271. The van der Waals surface area contributed by atoms with Gasteiger partial charge in [0.2, 0.25) is 0 Å². The van der Waals surface area contributed by atoms with E-state index in [9.17, 15) is 22.8 Å². The molecule has 0 saturated carbocycles. The van der Waals surface area contributed by atoms with Crippen LogP contribution in [0.15, 0.2) is 47.5 Å². The van der Waals surface area contributed by atoms with Crippen LogP contribution in [0.3, 0.4) is 0 Å². The third-order valence-corrected chi connectivity index (χ3v) is 8.62. The third-order valence-electron chi connectivity index (χ3n) is 8.62. The first kappa shape index (κ1) is 32.2. The van der Waals surface area contributed by atoms with Gasteiger partial charge in [0.25, 0.3) is 11.5 Å². The van der Waals surface area contributed by atoms with Gasteiger partial charge in [-0.3, -0.25) is 24.4 Å². The van der Waals surface area contributed by atoms with Gasteiger partial charge in [0.05, 0.1) is 31.3 Å². The molecule has 240 valence electrons. The van der Waals surface area contributed by atoms with Gasteiger partial charge < -0.3 is 19.4 Å². The number of nitrogens with one attached hydrogen (secondary N) is 2. The first-order valence-electron chi connectivity index (χ1n) is 15.1. The summed E-state index contributed by atoms with van der Waals surface area (Å²) in [6, 6.07) is 9.36. The molecule has 1 amide bonds. The van der Waals surface area contributed by atoms with E-state index in [2.05, 4.69) is 24.6 Å². The largest absolute Gasteiger partial charge is 0.496 e. The zero-order valence-electron chi connectivity index (χ0n) is 26.2. The van der Waals surface area contributed by atoms with E-state index in [0.29, 0.717) is 48.7 Å². The number of fused-ring (bicyclic) bond motifs is 1. The number of rotatable bonds is 9. The van der Waals surface area contributed by atoms with Gasteiger partial charge in [-0.05, 0) is 68.7 Å². The van der Waals surface area contributed by atoms with Crippen LogP contribution >= 0.6 is 0 Å². The number of hydrogen-bond acceptors (Lipinski definition) is 6. The fourth-order valence-electron chi connectivity index (χ4n) is 6.23. The van der Waals surface area contributed by atoms with E-state index in [-0.39, 0.29) is 24.1 Å². The molecule has 1 fully saturated rings. The molecule has 1 atom stereocenters. The van der Waals surface area contributed by atoms with E-state index in [1.165, 1.54) is 12.0 Å². The van der Waals surface area contributed by atoms with Crippen LogP contribution in [0.25, 0.3) is 16.6 Å². The summed E-state index contributed by atoms with van der Waals surface area (Å²) < 4.78 is 46.6. The Morgan fingerprint density at radius 2 is 1.87 bits per heavy atom. The molecule has 1 aliphatic rings. The molecule has 45 heavy (non-hydrogen) atoms. The summed E-state index contributed by atoms with van der Waals surface area (Å²) in [5.41, 5.74) is 6.37. The van der Waals surface area contributed by atoms with Crippen LogP contribution in [-0.4, -0.2) is 76.1 Å². The van der Waals surface area contributed by atoms with Crippen molar-refractivity contribution in [3.63, 3.8) is 0 Å². The third kappa shape index (κ3) is 6.91. The number of alkyl halides is 3. The number of aryl methyl sites for hydroxylation is 2. The lowest BCUT2D eigenvalue weighted by Gasteiger charge is -2.39. The number of aromatic amines is 1. The monoisotopic (exact) mass is 624 g/mol. The number of halogens is 3. The normalized spacial score (nSPS) is 15.4. The van der Waals surface area contributed by atoms with Crippen molar-refractivity contribution < 1.29 is 22.7 Å². The molecule has 0 aliphatic carbocycles. The Kier molecular flexibility index (Phi) is 9.36. The number of pyridine rings is 3. The highest BCUT2D eigenvalue weighted by molar-refractivity contribution is 5.98. The van der Waals surface area contributed by atoms with Crippen molar-refractivity contribution in [2.75, 3.05) is 39.8 Å². The van der Waals surface area contributed by atoms with Crippen molar-refractivity contribution in [3.05, 3.63) is 86.9 Å². The topological polar surface area (TPSA) is 95.0 Å². The number of H-pyrrole nitrogens is 1. The fourth-order valence-corrected chi connectivity index (χ4v) is 6.23. The van der Waals surface area contributed by atoms with Gasteiger partial charge in [0, 0.05) is 72.8 Å². The Morgan fingerprint density at radius 3 is 2.53 bits per heavy atom. The maximum Gasteiger partial charge on any atom is 0.401 e. The second-order valence-electron chi connectivity index (χ2n) is 11.6. The molecule has 0 bridgehead atoms. The summed E-state index contributed by atoms with van der Waals surface area (Å²) in [7, 11) is 1.48. The number of methoxy groups -OCH3 is 1. The van der Waals surface area contributed by atoms with Gasteiger partial charge >= 0.3 is 6.18 Å². The standard InChI is InChI=1S/C33H39F3N6O3/c1-6-24-16-23(7-9-37-24)25-8-10-42-28(25)17-26(31(43)38-18-27-29(45-5)15-20(2)39-32(27)44)21(3)30(42)22(4)41-13-11-40(12-14-41)19-33(34,35)36/h7-10,15-17,22H,6,11-14,18-19H2,1-5H3,(H,38,43)(H,39,44). The predicted octanol–water partition coefficient (Wildman–Crippen LogP) is 5.05. The summed E-state index contributed by atoms with van der Waals surface area (Å²) in [5, 5.41) is 2.91. The van der Waals surface area contributed by atoms with Gasteiger partial charge in [-0.25, -0.2) is 0 Å². The molecule has 5 heterocycles. The molecule has 12 heteroatoms. The van der Waals surface area contributed by atoms with Gasteiger partial charge in [-0.1, -0.05) is 6.92 Å². The molecule has 1 saturated heterocycles. The molecule has 4 aromatic rings. The molecule has 2 N–H and O–H groups in total. The van der Waals surface area contributed by atoms with E-state index >= 15 is 0 Å². The fraction of sp³-hybridized carbons (Fsp3) is 0.424. The minimum absolute atomic E-state index is 0.0353. The lowest BCUT2D eigenvalue weighted by atomic mass is 9.98. The number of hydrogen-bond donors (Lipinski definition) is 2. The van der Waals surface area contributed by atoms with Crippen LogP contribution < -0.4 is 15.6 Å². The molecule has 4 aromatic heterocycles. The summed E-state index contributed by atoms with van der Waals surface area (Å²) in [5.74, 6) is 0.0394. The number of amides is 1. The van der Waals surface area contributed by atoms with Crippen molar-refractivity contribution in [1.82, 2.24) is 29.5 Å². The second-order valence-corrected chi connectivity index (χ2v) is 11.6. The van der Waals surface area contributed by atoms with E-state index < -0.39 is 12.7 Å². The molecular formula is C33H39F3N6O3. The molecule has 0 spiro atoms. The Balaban J connectivity index is 1.54. The van der Waals surface area contributed by atoms with Gasteiger partial charge in [-0.15, -0.1) is 0 Å². The molecule has 0 aromatic carbocycles. The maximum absolute atomic E-state index is 13.8. The van der Waals surface area contributed by atoms with E-state index in [1.54, 1.807) is 19.2 Å². The molecule has 5 rings (SSSR count). The van der Waals surface area contributed by atoms with Crippen molar-refractivity contribution in [2.45, 2.75) is 52.9 Å². The van der Waals surface area contributed by atoms with E-state index in [1.807, 2.05) is 51.2 Å². The average Bonchev–Trinajstić information content (AvgIpc) is 3.42. The Labute approximate surface area is 260 Å². The van der Waals surface area contributed by atoms with Crippen LogP contribution in [0.4, 0.5) is 13.2 Å². The van der Waals surface area contributed by atoms with E-state index in [4.69, 9.17) is 4.74 Å². The lowest BCUT2D eigenvalue weighted by Crippen LogP contribution is -2.49. The summed E-state index contributed by atoms with van der Waals surface area (Å²) in [6.45, 7) is 8.28. The number of nitrogens with zero attached hydrogens (tertiary/aromatic N) is 4. The highest BCUT2D eigenvalue weighted by Crippen LogP contribution is 2.34. The maximum atomic E-state index is 13.8. The van der Waals surface area contributed by atoms with Crippen LogP contribution in [0.5, 0.6) is 5.75 Å². The number of carbonyl (C=O) groups is 1. The zero-order valence-corrected chi connectivity index (χ0v) is 26.2. The van der Waals surface area contributed by atoms with Crippen LogP contribution in [0.1, 0.15) is 58.5 Å². The molecule has 1 unspecified atom stereocenters. The number of piperazine rings is 1. The predicted molar refractivity (Wildman–Crippen MR) is 167 cm³/mol. The average molecular weight is 625 g/mol. The van der Waals surface area contributed by atoms with Gasteiger partial charge in [0.15, 0.2) is 0 Å². The first-order valence-corrected chi connectivity index (χ1v) is 15.1. The zero-order chi connectivity index (χ0) is 32.5. The summed E-state index contributed by atoms with van der Waals surface area (Å²) in [6.07, 6.45) is 0.290. The lowest BCUT2D eigenvalue weighted by molar-refractivity contribution is -0.149. The molecule has 0 radical (unpaired) electrons. The minimum atomic E-state index is -4.24. The van der Waals surface area contributed by atoms with Crippen LogP contribution in [0.2, 0.25) is 0 Å². The highest BCUT2D eigenvalue weighted by atomic mass is 19.4. The molecular weight excluding hydrogens is 585 g/mol. The van der Waals surface area contributed by atoms with Crippen LogP contribution in [-0.2, 0) is 13.0 Å². The molecule has 1 aliphatic heterocycles. The van der Waals surface area contributed by atoms with Crippen molar-refractivity contribution in [3.8, 4) is 16.9 Å². The van der Waals surface area contributed by atoms with Gasteiger partial charge in [0.1, 0.15) is 5.75 Å². The summed E-state index contributed by atoms with van der Waals surface area (Å²) in [4.78, 5) is 37.3. The number of ether oxygens (including phenoxy) is 1. The SMILES string of the molecule is CCc1cc(-c2ccn3c(C(C)N4CCN(CC(F)(F)F)CC4)c(C)c(C(=O)NCc4c(OC)cc(C)[nH]c4=O)cc23)ccn1. The van der Waals surface area contributed by atoms with Crippen molar-refractivity contribution in [2.24, 2.45) is 0 Å². The summed E-state index contributed by atoms with van der Waals surface area (Å²) >= 11 is 0. The van der Waals surface area contributed by atoms with E-state index in [0.717, 1.165) is 40.0 Å². The van der Waals surface area contributed by atoms with Crippen molar-refractivity contribution >= 4 is 11.4 Å². The highest BCUT2D eigenvalue weighted by Gasteiger charge is 2.34. The van der Waals surface area contributed by atoms with Crippen LogP contribution in [0, 0.1) is 13.8 Å². The molecule has 9 nitrogen and oxygen atoms in total. The van der Waals surface area contributed by atoms with Crippen molar-refractivity contribution in [1.29, 1.82) is 0 Å². The first-order chi connectivity index (χ1) is 21.4. The minimum Gasteiger partial charge on any atom is -0.496 e. The Hall–Kier alpha value is -4.16. The Morgan fingerprint density at radius 1 is 1.13 bits per heavy atom. The number of aromatic nitrogens is 3. The smallest absolute Gasteiger partial charge is 0.401 e. The Bertz CT molecular complexity index is 1760. The second kappa shape index (κ2) is 13.1. The van der Waals surface area contributed by atoms with Gasteiger partial charge in [-0.2, -0.15) is 13.2 Å².